The van der Waals surface area contributed by atoms with Gasteiger partial charge in [0, 0.05) is 17.2 Å². The fraction of sp³-hybridized carbons (Fsp3) is 0.0417. The molecule has 4 aromatic rings. The fourth-order valence-corrected chi connectivity index (χ4v) is 4.44. The third-order valence-corrected chi connectivity index (χ3v) is 6.44. The molecule has 9 nitrogen and oxygen atoms in total. The number of carbonyl (C=O) groups is 2. The summed E-state index contributed by atoms with van der Waals surface area (Å²) in [5.74, 6) is -5.23. The van der Waals surface area contributed by atoms with Crippen molar-refractivity contribution in [1.82, 2.24) is 14.7 Å². The SMILES string of the molecule is O=C(O)CNS(=O)(=O)c1cccc(C(=O)C(=C(O)c2cc(F)cc(F)c2)c2nc3ccccc3[nH]2)c1. The quantitative estimate of drug-likeness (QED) is 0.160. The second kappa shape index (κ2) is 9.68. The average Bonchev–Trinajstić information content (AvgIpc) is 3.26. The molecule has 0 radical (unpaired) electrons. The lowest BCUT2D eigenvalue weighted by atomic mass is 9.98. The molecule has 3 aromatic carbocycles. The van der Waals surface area contributed by atoms with E-state index in [1.54, 1.807) is 24.3 Å². The number of halogens is 2. The molecule has 0 fully saturated rings. The number of Topliss-reactive ketones (excluding diaryl/α,β-unsaturated/α-hetero) is 1. The topological polar surface area (TPSA) is 149 Å². The highest BCUT2D eigenvalue weighted by atomic mass is 32.2. The number of allylic oxidation sites excluding steroid dienone is 1. The van der Waals surface area contributed by atoms with E-state index >= 15 is 0 Å². The predicted octanol–water partition coefficient (Wildman–Crippen LogP) is 3.51. The molecule has 0 atom stereocenters. The van der Waals surface area contributed by atoms with Crippen molar-refractivity contribution in [3.8, 4) is 0 Å². The monoisotopic (exact) mass is 513 g/mol. The van der Waals surface area contributed by atoms with Gasteiger partial charge in [0.1, 0.15) is 35.3 Å². The summed E-state index contributed by atoms with van der Waals surface area (Å²) in [5.41, 5.74) is -0.0880. The van der Waals surface area contributed by atoms with Gasteiger partial charge in [-0.25, -0.2) is 22.2 Å². The number of aromatic amines is 1. The number of ketones is 1. The number of hydrogen-bond donors (Lipinski definition) is 4. The number of nitrogens with one attached hydrogen (secondary N) is 2. The molecule has 0 aliphatic heterocycles. The molecule has 0 bridgehead atoms. The van der Waals surface area contributed by atoms with E-state index in [2.05, 4.69) is 9.97 Å². The molecular weight excluding hydrogens is 496 g/mol. The van der Waals surface area contributed by atoms with Gasteiger partial charge in [-0.15, -0.1) is 0 Å². The number of fused-ring (bicyclic) bond motifs is 1. The molecule has 12 heteroatoms. The van der Waals surface area contributed by atoms with Gasteiger partial charge in [0.05, 0.1) is 15.9 Å². The maximum Gasteiger partial charge on any atom is 0.318 e. The Labute approximate surface area is 202 Å². The minimum absolute atomic E-state index is 0.124. The van der Waals surface area contributed by atoms with Crippen LogP contribution in [0.5, 0.6) is 0 Å². The van der Waals surface area contributed by atoms with Crippen LogP contribution in [0.2, 0.25) is 0 Å². The minimum Gasteiger partial charge on any atom is -0.506 e. The van der Waals surface area contributed by atoms with Crippen LogP contribution in [0.3, 0.4) is 0 Å². The number of H-pyrrole nitrogens is 1. The van der Waals surface area contributed by atoms with Gasteiger partial charge in [-0.2, -0.15) is 4.72 Å². The molecule has 1 aromatic heterocycles. The zero-order valence-corrected chi connectivity index (χ0v) is 19.0. The van der Waals surface area contributed by atoms with Crippen molar-refractivity contribution in [2.24, 2.45) is 0 Å². The van der Waals surface area contributed by atoms with E-state index < -0.39 is 56.2 Å². The zero-order valence-electron chi connectivity index (χ0n) is 18.2. The van der Waals surface area contributed by atoms with Gasteiger partial charge in [0.25, 0.3) is 0 Å². The van der Waals surface area contributed by atoms with Crippen LogP contribution in [0.15, 0.2) is 71.6 Å². The minimum atomic E-state index is -4.29. The highest BCUT2D eigenvalue weighted by Gasteiger charge is 2.26. The van der Waals surface area contributed by atoms with E-state index in [0.29, 0.717) is 17.1 Å². The number of imidazole rings is 1. The first-order chi connectivity index (χ1) is 17.0. The molecule has 184 valence electrons. The van der Waals surface area contributed by atoms with Crippen molar-refractivity contribution < 1.29 is 37.0 Å². The second-order valence-electron chi connectivity index (χ2n) is 7.56. The number of nitrogens with zero attached hydrogens (tertiary/aromatic N) is 1. The molecule has 0 saturated heterocycles. The van der Waals surface area contributed by atoms with E-state index in [0.717, 1.165) is 24.3 Å². The summed E-state index contributed by atoms with van der Waals surface area (Å²) >= 11 is 0. The predicted molar refractivity (Wildman–Crippen MR) is 125 cm³/mol. The number of aromatic nitrogens is 2. The van der Waals surface area contributed by atoms with Gasteiger partial charge in [0.15, 0.2) is 0 Å². The van der Waals surface area contributed by atoms with Gasteiger partial charge in [-0.1, -0.05) is 24.3 Å². The molecule has 36 heavy (non-hydrogen) atoms. The highest BCUT2D eigenvalue weighted by molar-refractivity contribution is 7.89. The normalized spacial score (nSPS) is 12.4. The van der Waals surface area contributed by atoms with Crippen molar-refractivity contribution in [2.45, 2.75) is 4.90 Å². The van der Waals surface area contributed by atoms with Crippen LogP contribution < -0.4 is 4.72 Å². The van der Waals surface area contributed by atoms with E-state index in [9.17, 15) is 31.9 Å². The van der Waals surface area contributed by atoms with Gasteiger partial charge >= 0.3 is 5.97 Å². The van der Waals surface area contributed by atoms with Gasteiger partial charge in [-0.3, -0.25) is 9.59 Å². The molecule has 0 saturated carbocycles. The Kier molecular flexibility index (Phi) is 6.64. The molecule has 0 aliphatic carbocycles. The lowest BCUT2D eigenvalue weighted by molar-refractivity contribution is -0.135. The molecule has 0 amide bonds. The number of carboxylic acid groups (broad SMARTS) is 1. The Morgan fingerprint density at radius 1 is 0.917 bits per heavy atom. The average molecular weight is 513 g/mol. The van der Waals surface area contributed by atoms with E-state index in [1.165, 1.54) is 12.1 Å². The van der Waals surface area contributed by atoms with E-state index in [4.69, 9.17) is 5.11 Å². The van der Waals surface area contributed by atoms with Crippen LogP contribution in [-0.4, -0.2) is 46.9 Å². The van der Waals surface area contributed by atoms with Crippen molar-refractivity contribution >= 4 is 44.1 Å². The Morgan fingerprint density at radius 2 is 1.61 bits per heavy atom. The number of sulfonamides is 1. The van der Waals surface area contributed by atoms with Crippen molar-refractivity contribution in [3.63, 3.8) is 0 Å². The molecule has 4 N–H and O–H groups in total. The third kappa shape index (κ3) is 5.14. The number of carbonyl (C=O) groups excluding carboxylic acids is 1. The lowest BCUT2D eigenvalue weighted by Crippen LogP contribution is -2.29. The molecule has 0 aliphatic rings. The number of aliphatic hydroxyl groups excluding tert-OH is 1. The molecule has 4 rings (SSSR count). The van der Waals surface area contributed by atoms with Gasteiger partial charge in [0.2, 0.25) is 15.8 Å². The fourth-order valence-electron chi connectivity index (χ4n) is 3.42. The Hall–Kier alpha value is -4.42. The van der Waals surface area contributed by atoms with E-state index in [-0.39, 0.29) is 17.0 Å². The van der Waals surface area contributed by atoms with Crippen LogP contribution >= 0.6 is 0 Å². The lowest BCUT2D eigenvalue weighted by Gasteiger charge is -2.11. The van der Waals surface area contributed by atoms with Gasteiger partial charge in [-0.05, 0) is 36.4 Å². The molecule has 0 unspecified atom stereocenters. The largest absolute Gasteiger partial charge is 0.506 e. The molecule has 0 spiro atoms. The first-order valence-electron chi connectivity index (χ1n) is 10.3. The Morgan fingerprint density at radius 3 is 2.28 bits per heavy atom. The third-order valence-electron chi connectivity index (χ3n) is 5.05. The highest BCUT2D eigenvalue weighted by Crippen LogP contribution is 2.29. The van der Waals surface area contributed by atoms with Gasteiger partial charge < -0.3 is 15.2 Å². The summed E-state index contributed by atoms with van der Waals surface area (Å²) in [7, 11) is -4.29. The van der Waals surface area contributed by atoms with Crippen LogP contribution in [0.25, 0.3) is 22.4 Å². The van der Waals surface area contributed by atoms with Crippen LogP contribution in [0, 0.1) is 11.6 Å². The molecule has 1 heterocycles. The molecular formula is C24H17F2N3O6S. The summed E-state index contributed by atoms with van der Waals surface area (Å²) in [6.45, 7) is -0.878. The standard InChI is InChI=1S/C24H17F2N3O6S/c25-15-8-14(9-16(26)11-15)23(33)21(24-28-18-6-1-2-7-19(18)29-24)22(32)13-4-3-5-17(10-13)36(34,35)27-12-20(30)31/h1-11,27,33H,12H2,(H,28,29)(H,30,31). The number of para-hydroxylation sites is 2. The summed E-state index contributed by atoms with van der Waals surface area (Å²) in [6, 6.07) is 13.6. The summed E-state index contributed by atoms with van der Waals surface area (Å²) in [6.07, 6.45) is 0. The number of rotatable bonds is 8. The Balaban J connectivity index is 1.87. The number of aliphatic hydroxyl groups is 1. The van der Waals surface area contributed by atoms with Crippen molar-refractivity contribution in [2.75, 3.05) is 6.54 Å². The van der Waals surface area contributed by atoms with Crippen LogP contribution in [-0.2, 0) is 14.8 Å². The smallest absolute Gasteiger partial charge is 0.318 e. The maximum absolute atomic E-state index is 13.9. The number of benzene rings is 3. The Bertz CT molecular complexity index is 1590. The van der Waals surface area contributed by atoms with Crippen molar-refractivity contribution in [1.29, 1.82) is 0 Å². The zero-order chi connectivity index (χ0) is 26.0. The van der Waals surface area contributed by atoms with Crippen LogP contribution in [0.1, 0.15) is 21.7 Å². The van der Waals surface area contributed by atoms with Crippen LogP contribution in [0.4, 0.5) is 8.78 Å². The number of carboxylic acids is 1. The van der Waals surface area contributed by atoms with E-state index in [1.807, 2.05) is 4.72 Å². The van der Waals surface area contributed by atoms with Crippen molar-refractivity contribution in [3.05, 3.63) is 95.3 Å². The number of hydrogen-bond acceptors (Lipinski definition) is 6. The second-order valence-corrected chi connectivity index (χ2v) is 9.33. The summed E-state index contributed by atoms with van der Waals surface area (Å²) < 4.78 is 54.5. The number of aliphatic carboxylic acids is 1. The summed E-state index contributed by atoms with van der Waals surface area (Å²) in [4.78, 5) is 31.1. The first-order valence-corrected chi connectivity index (χ1v) is 11.7. The first kappa shape index (κ1) is 24.7. The maximum atomic E-state index is 13.9. The summed E-state index contributed by atoms with van der Waals surface area (Å²) in [5, 5.41) is 19.7.